The Balaban J connectivity index is 1.91. The first kappa shape index (κ1) is 16.3. The number of aromatic nitrogens is 4. The number of aromatic amines is 1. The lowest BCUT2D eigenvalue weighted by molar-refractivity contribution is 0.599. The van der Waals surface area contributed by atoms with Crippen LogP contribution in [0.1, 0.15) is 16.8 Å². The van der Waals surface area contributed by atoms with E-state index in [0.717, 1.165) is 21.9 Å². The number of rotatable bonds is 3. The Hall–Kier alpha value is -3.18. The molecule has 4 aromatic rings. The van der Waals surface area contributed by atoms with Gasteiger partial charge in [-0.1, -0.05) is 0 Å². The molecular weight excluding hydrogens is 350 g/mol. The van der Waals surface area contributed by atoms with E-state index in [1.54, 1.807) is 35.3 Å². The lowest BCUT2D eigenvalue weighted by Crippen LogP contribution is -2.09. The highest BCUT2D eigenvalue weighted by Crippen LogP contribution is 2.29. The van der Waals surface area contributed by atoms with Crippen LogP contribution in [-0.2, 0) is 16.4 Å². The zero-order chi connectivity index (χ0) is 18.5. The van der Waals surface area contributed by atoms with Gasteiger partial charge < -0.3 is 4.98 Å². The van der Waals surface area contributed by atoms with E-state index in [-0.39, 0.29) is 6.54 Å². The molecule has 0 atom stereocenters. The van der Waals surface area contributed by atoms with Crippen molar-refractivity contribution in [3.05, 3.63) is 53.5 Å². The Kier molecular flexibility index (Phi) is 3.56. The van der Waals surface area contributed by atoms with Crippen LogP contribution in [0.3, 0.4) is 0 Å². The second-order valence-corrected chi connectivity index (χ2v) is 8.24. The molecule has 0 aliphatic rings. The molecule has 0 amide bonds. The van der Waals surface area contributed by atoms with Crippen LogP contribution < -0.4 is 0 Å². The third kappa shape index (κ3) is 2.62. The topological polar surface area (TPSA) is 104 Å². The Bertz CT molecular complexity index is 1310. The average molecular weight is 365 g/mol. The second-order valence-electron chi connectivity index (χ2n) is 6.26. The monoisotopic (exact) mass is 365 g/mol. The summed E-state index contributed by atoms with van der Waals surface area (Å²) < 4.78 is 26.3. The smallest absolute Gasteiger partial charge is 0.182 e. The molecular formula is C18H15N5O2S. The van der Waals surface area contributed by atoms with E-state index in [1.807, 2.05) is 19.1 Å². The minimum Gasteiger partial charge on any atom is -0.361 e. The fraction of sp³-hybridized carbons (Fsp3) is 0.167. The quantitative estimate of drug-likeness (QED) is 0.601. The Morgan fingerprint density at radius 2 is 2.12 bits per heavy atom. The third-order valence-corrected chi connectivity index (χ3v) is 5.53. The number of hydrogen-bond acceptors (Lipinski definition) is 5. The summed E-state index contributed by atoms with van der Waals surface area (Å²) in [5.41, 5.74) is 3.22. The van der Waals surface area contributed by atoms with Crippen LogP contribution in [0.25, 0.3) is 21.9 Å². The number of nitrogens with one attached hydrogen (secondary N) is 1. The van der Waals surface area contributed by atoms with E-state index in [2.05, 4.69) is 15.1 Å². The maximum absolute atomic E-state index is 12.3. The minimum absolute atomic E-state index is 0.287. The van der Waals surface area contributed by atoms with Crippen molar-refractivity contribution in [2.45, 2.75) is 18.4 Å². The van der Waals surface area contributed by atoms with Gasteiger partial charge in [-0.3, -0.25) is 4.68 Å². The molecule has 0 spiro atoms. The maximum Gasteiger partial charge on any atom is 0.182 e. The first-order valence-electron chi connectivity index (χ1n) is 7.91. The molecule has 0 unspecified atom stereocenters. The summed E-state index contributed by atoms with van der Waals surface area (Å²) in [6.45, 7) is 2.17. The van der Waals surface area contributed by atoms with Crippen LogP contribution in [0, 0.1) is 18.3 Å². The molecule has 3 heterocycles. The summed E-state index contributed by atoms with van der Waals surface area (Å²) in [4.78, 5) is 7.64. The molecule has 0 saturated carbocycles. The van der Waals surface area contributed by atoms with Crippen LogP contribution in [0.15, 0.2) is 41.6 Å². The average Bonchev–Trinajstić information content (AvgIpc) is 3.22. The predicted molar refractivity (Wildman–Crippen MR) is 97.5 cm³/mol. The van der Waals surface area contributed by atoms with Crippen LogP contribution in [0.5, 0.6) is 0 Å². The fourth-order valence-corrected chi connectivity index (χ4v) is 4.20. The summed E-state index contributed by atoms with van der Waals surface area (Å²) >= 11 is 0. The molecule has 7 nitrogen and oxygen atoms in total. The van der Waals surface area contributed by atoms with Gasteiger partial charge in [-0.25, -0.2) is 13.4 Å². The van der Waals surface area contributed by atoms with Crippen molar-refractivity contribution in [2.24, 2.45) is 0 Å². The van der Waals surface area contributed by atoms with E-state index >= 15 is 0 Å². The molecule has 3 aromatic heterocycles. The van der Waals surface area contributed by atoms with Crippen molar-refractivity contribution in [3.8, 4) is 6.07 Å². The van der Waals surface area contributed by atoms with Gasteiger partial charge in [-0.15, -0.1) is 0 Å². The Morgan fingerprint density at radius 1 is 1.31 bits per heavy atom. The molecule has 0 aliphatic carbocycles. The van der Waals surface area contributed by atoms with E-state index < -0.39 is 9.84 Å². The Labute approximate surface area is 149 Å². The predicted octanol–water partition coefficient (Wildman–Crippen LogP) is 2.54. The number of H-pyrrole nitrogens is 1. The molecule has 0 saturated heterocycles. The summed E-state index contributed by atoms with van der Waals surface area (Å²) in [6, 6.07) is 8.97. The zero-order valence-corrected chi connectivity index (χ0v) is 15.0. The Morgan fingerprint density at radius 3 is 2.85 bits per heavy atom. The molecule has 0 aliphatic heterocycles. The molecule has 0 bridgehead atoms. The third-order valence-electron chi connectivity index (χ3n) is 4.36. The molecule has 0 radical (unpaired) electrons. The van der Waals surface area contributed by atoms with Gasteiger partial charge in [0.05, 0.1) is 11.4 Å². The summed E-state index contributed by atoms with van der Waals surface area (Å²) in [5, 5.41) is 15.0. The number of pyridine rings is 1. The van der Waals surface area contributed by atoms with Gasteiger partial charge in [0.1, 0.15) is 11.8 Å². The van der Waals surface area contributed by atoms with Gasteiger partial charge in [-0.05, 0) is 36.8 Å². The van der Waals surface area contributed by atoms with E-state index in [4.69, 9.17) is 5.26 Å². The molecule has 1 aromatic carbocycles. The summed E-state index contributed by atoms with van der Waals surface area (Å²) in [6.07, 6.45) is 4.81. The SMILES string of the molecule is Cc1cc(S(C)(=O)=O)c(Cn2cc3ccc(C#N)nc3n2)c2cc[nH]c12. The zero-order valence-electron chi connectivity index (χ0n) is 14.2. The van der Waals surface area contributed by atoms with Gasteiger partial charge in [0.2, 0.25) is 0 Å². The van der Waals surface area contributed by atoms with Crippen LogP contribution >= 0.6 is 0 Å². The lowest BCUT2D eigenvalue weighted by atomic mass is 10.1. The molecule has 8 heteroatoms. The first-order valence-corrected chi connectivity index (χ1v) is 9.80. The van der Waals surface area contributed by atoms with Crippen molar-refractivity contribution >= 4 is 31.8 Å². The van der Waals surface area contributed by atoms with Crippen molar-refractivity contribution in [2.75, 3.05) is 6.26 Å². The van der Waals surface area contributed by atoms with Gasteiger partial charge in [-0.2, -0.15) is 10.4 Å². The van der Waals surface area contributed by atoms with Crippen molar-refractivity contribution < 1.29 is 8.42 Å². The highest BCUT2D eigenvalue weighted by Gasteiger charge is 2.19. The largest absolute Gasteiger partial charge is 0.361 e. The highest BCUT2D eigenvalue weighted by atomic mass is 32.2. The van der Waals surface area contributed by atoms with Crippen LogP contribution in [0.4, 0.5) is 0 Å². The van der Waals surface area contributed by atoms with Crippen LogP contribution in [0.2, 0.25) is 0 Å². The molecule has 0 fully saturated rings. The number of aryl methyl sites for hydroxylation is 1. The van der Waals surface area contributed by atoms with Gasteiger partial charge in [0.15, 0.2) is 15.5 Å². The van der Waals surface area contributed by atoms with E-state index in [1.165, 1.54) is 6.26 Å². The van der Waals surface area contributed by atoms with Crippen molar-refractivity contribution in [3.63, 3.8) is 0 Å². The number of benzene rings is 1. The standard InChI is InChI=1S/C18H15N5O2S/c1-11-7-16(26(2,24)25)15(14-5-6-20-17(11)14)10-23-9-12-3-4-13(8-19)21-18(12)22-23/h3-7,9,20H,10H2,1-2H3. The minimum atomic E-state index is -3.40. The van der Waals surface area contributed by atoms with Gasteiger partial charge >= 0.3 is 0 Å². The maximum atomic E-state index is 12.3. The normalized spacial score (nSPS) is 11.9. The number of nitrogens with zero attached hydrogens (tertiary/aromatic N) is 4. The lowest BCUT2D eigenvalue weighted by Gasteiger charge is -2.12. The summed E-state index contributed by atoms with van der Waals surface area (Å²) in [7, 11) is -3.40. The molecule has 4 rings (SSSR count). The number of fused-ring (bicyclic) bond motifs is 2. The first-order chi connectivity index (χ1) is 12.4. The van der Waals surface area contributed by atoms with Gasteiger partial charge in [0.25, 0.3) is 0 Å². The fourth-order valence-electron chi connectivity index (χ4n) is 3.19. The molecule has 26 heavy (non-hydrogen) atoms. The highest BCUT2D eigenvalue weighted by molar-refractivity contribution is 7.90. The molecule has 130 valence electrons. The van der Waals surface area contributed by atoms with Crippen LogP contribution in [-0.4, -0.2) is 34.4 Å². The second kappa shape index (κ2) is 5.68. The number of hydrogen-bond donors (Lipinski definition) is 1. The van der Waals surface area contributed by atoms with Crippen molar-refractivity contribution in [1.29, 1.82) is 5.26 Å². The number of sulfone groups is 1. The van der Waals surface area contributed by atoms with Gasteiger partial charge in [0, 0.05) is 40.5 Å². The van der Waals surface area contributed by atoms with E-state index in [9.17, 15) is 8.42 Å². The number of nitriles is 1. The summed E-state index contributed by atoms with van der Waals surface area (Å²) in [5.74, 6) is 0. The molecule has 1 N–H and O–H groups in total. The van der Waals surface area contributed by atoms with Crippen molar-refractivity contribution in [1.82, 2.24) is 19.7 Å². The van der Waals surface area contributed by atoms with E-state index in [0.29, 0.717) is 21.8 Å².